The number of anilines is 1. The summed E-state index contributed by atoms with van der Waals surface area (Å²) < 4.78 is 45.8. The first kappa shape index (κ1) is 16.5. The minimum Gasteiger partial charge on any atom is -0.399 e. The monoisotopic (exact) mass is 334 g/mol. The maximum Gasteiger partial charge on any atom is 0.246 e. The van der Waals surface area contributed by atoms with Gasteiger partial charge in [-0.25, -0.2) is 12.8 Å². The van der Waals surface area contributed by atoms with Crippen LogP contribution >= 0.6 is 11.8 Å². The summed E-state index contributed by atoms with van der Waals surface area (Å²) in [5.41, 5.74) is 5.82. The maximum absolute atomic E-state index is 13.9. The zero-order valence-corrected chi connectivity index (χ0v) is 13.4. The molecule has 0 aromatic heterocycles. The average molecular weight is 334 g/mol. The molecule has 0 saturated carbocycles. The van der Waals surface area contributed by atoms with Crippen LogP contribution < -0.4 is 5.73 Å². The van der Waals surface area contributed by atoms with Crippen molar-refractivity contribution in [3.05, 3.63) is 24.0 Å². The highest BCUT2D eigenvalue weighted by Gasteiger charge is 2.34. The molecular weight excluding hydrogens is 315 g/mol. The van der Waals surface area contributed by atoms with Gasteiger partial charge in [0.1, 0.15) is 10.7 Å². The van der Waals surface area contributed by atoms with Crippen molar-refractivity contribution in [1.82, 2.24) is 4.31 Å². The molecule has 5 nitrogen and oxygen atoms in total. The van der Waals surface area contributed by atoms with Gasteiger partial charge in [-0.15, -0.1) is 0 Å². The van der Waals surface area contributed by atoms with E-state index in [1.165, 1.54) is 23.5 Å². The number of nitrogens with zero attached hydrogens (tertiary/aromatic N) is 1. The Morgan fingerprint density at radius 2 is 2.29 bits per heavy atom. The number of thioether (sulfide) groups is 1. The second-order valence-electron chi connectivity index (χ2n) is 4.82. The van der Waals surface area contributed by atoms with Gasteiger partial charge < -0.3 is 10.5 Å². The summed E-state index contributed by atoms with van der Waals surface area (Å²) in [6.45, 7) is 0.475. The van der Waals surface area contributed by atoms with Crippen molar-refractivity contribution in [2.24, 2.45) is 0 Å². The fraction of sp³-hybridized carbons (Fsp3) is 0.538. The largest absolute Gasteiger partial charge is 0.399 e. The van der Waals surface area contributed by atoms with Crippen LogP contribution in [0.15, 0.2) is 23.1 Å². The van der Waals surface area contributed by atoms with E-state index in [0.717, 1.165) is 18.2 Å². The number of halogens is 1. The summed E-state index contributed by atoms with van der Waals surface area (Å²) in [4.78, 5) is -0.365. The Labute approximate surface area is 128 Å². The number of methoxy groups -OCH3 is 1. The normalized spacial score (nSPS) is 19.3. The van der Waals surface area contributed by atoms with E-state index < -0.39 is 15.8 Å². The number of ether oxygens (including phenoxy) is 1. The molecule has 2 N–H and O–H groups in total. The molecule has 1 aliphatic heterocycles. The van der Waals surface area contributed by atoms with Crippen molar-refractivity contribution < 1.29 is 17.5 Å². The lowest BCUT2D eigenvalue weighted by Gasteiger charge is -2.27. The molecule has 0 bridgehead atoms. The van der Waals surface area contributed by atoms with E-state index in [4.69, 9.17) is 10.5 Å². The average Bonchev–Trinajstić information content (AvgIpc) is 2.95. The molecule has 1 aromatic carbocycles. The number of sulfonamides is 1. The number of benzene rings is 1. The molecule has 1 atom stereocenters. The van der Waals surface area contributed by atoms with E-state index in [9.17, 15) is 12.8 Å². The third-order valence-corrected chi connectivity index (χ3v) is 6.48. The molecule has 1 aliphatic rings. The van der Waals surface area contributed by atoms with Gasteiger partial charge in [0.2, 0.25) is 10.0 Å². The van der Waals surface area contributed by atoms with E-state index in [1.807, 2.05) is 0 Å². The van der Waals surface area contributed by atoms with Gasteiger partial charge in [0.15, 0.2) is 0 Å². The Morgan fingerprint density at radius 1 is 1.52 bits per heavy atom. The molecule has 1 aromatic rings. The zero-order chi connectivity index (χ0) is 15.5. The summed E-state index contributed by atoms with van der Waals surface area (Å²) in [6, 6.07) is 3.47. The Balaban J connectivity index is 2.38. The van der Waals surface area contributed by atoms with Gasteiger partial charge in [0.05, 0.1) is 6.61 Å². The van der Waals surface area contributed by atoms with Crippen molar-refractivity contribution in [1.29, 1.82) is 0 Å². The van der Waals surface area contributed by atoms with E-state index >= 15 is 0 Å². The standard InChI is InChI=1S/C13H19FN2O3S2/c1-19-6-5-16(11-4-7-20-9-11)21(17,18)13-8-10(15)2-3-12(13)14/h2-3,8,11H,4-7,9,15H2,1H3. The van der Waals surface area contributed by atoms with Crippen LogP contribution in [0.2, 0.25) is 0 Å². The number of nitrogens with two attached hydrogens (primary N) is 1. The molecule has 0 spiro atoms. The highest BCUT2D eigenvalue weighted by molar-refractivity contribution is 7.99. The molecule has 1 fully saturated rings. The molecule has 1 unspecified atom stereocenters. The lowest BCUT2D eigenvalue weighted by Crippen LogP contribution is -2.42. The van der Waals surface area contributed by atoms with Crippen LogP contribution in [0.1, 0.15) is 6.42 Å². The molecule has 1 heterocycles. The second-order valence-corrected chi connectivity index (χ2v) is 7.82. The Morgan fingerprint density at radius 3 is 2.90 bits per heavy atom. The Kier molecular flexibility index (Phi) is 5.48. The number of rotatable bonds is 6. The Bertz CT molecular complexity index is 589. The van der Waals surface area contributed by atoms with E-state index in [-0.39, 0.29) is 29.8 Å². The van der Waals surface area contributed by atoms with Gasteiger partial charge in [0, 0.05) is 31.1 Å². The smallest absolute Gasteiger partial charge is 0.246 e. The summed E-state index contributed by atoms with van der Waals surface area (Å²) in [7, 11) is -2.42. The molecule has 118 valence electrons. The fourth-order valence-electron chi connectivity index (χ4n) is 2.27. The third-order valence-electron chi connectivity index (χ3n) is 3.37. The summed E-state index contributed by atoms with van der Waals surface area (Å²) in [5.74, 6) is 0.841. The predicted molar refractivity (Wildman–Crippen MR) is 82.3 cm³/mol. The topological polar surface area (TPSA) is 72.6 Å². The molecule has 0 aliphatic carbocycles. The number of nitrogen functional groups attached to an aromatic ring is 1. The van der Waals surface area contributed by atoms with Crippen LogP contribution in [0.3, 0.4) is 0 Å². The highest BCUT2D eigenvalue weighted by atomic mass is 32.2. The van der Waals surface area contributed by atoms with Crippen LogP contribution in [0.25, 0.3) is 0 Å². The SMILES string of the molecule is COCCN(C1CCSC1)S(=O)(=O)c1cc(N)ccc1F. The van der Waals surface area contributed by atoms with Crippen molar-refractivity contribution in [3.63, 3.8) is 0 Å². The molecule has 21 heavy (non-hydrogen) atoms. The van der Waals surface area contributed by atoms with Gasteiger partial charge in [-0.2, -0.15) is 16.1 Å². The molecule has 8 heteroatoms. The second kappa shape index (κ2) is 6.95. The van der Waals surface area contributed by atoms with E-state index in [0.29, 0.717) is 5.75 Å². The summed E-state index contributed by atoms with van der Waals surface area (Å²) in [5, 5.41) is 0. The van der Waals surface area contributed by atoms with Crippen molar-refractivity contribution in [3.8, 4) is 0 Å². The Hall–Kier alpha value is -0.830. The van der Waals surface area contributed by atoms with E-state index in [2.05, 4.69) is 0 Å². The van der Waals surface area contributed by atoms with Crippen LogP contribution in [0, 0.1) is 5.82 Å². The molecular formula is C13H19FN2O3S2. The van der Waals surface area contributed by atoms with Gasteiger partial charge in [0.25, 0.3) is 0 Å². The van der Waals surface area contributed by atoms with Crippen LogP contribution in [0.5, 0.6) is 0 Å². The quantitative estimate of drug-likeness (QED) is 0.799. The van der Waals surface area contributed by atoms with Crippen molar-refractivity contribution in [2.45, 2.75) is 17.4 Å². The van der Waals surface area contributed by atoms with Crippen LogP contribution in [-0.4, -0.2) is 50.5 Å². The molecule has 0 radical (unpaired) electrons. The first-order valence-electron chi connectivity index (χ1n) is 6.60. The number of hydrogen-bond donors (Lipinski definition) is 1. The van der Waals surface area contributed by atoms with Gasteiger partial charge in [-0.05, 0) is 30.4 Å². The van der Waals surface area contributed by atoms with E-state index in [1.54, 1.807) is 11.8 Å². The fourth-order valence-corrected chi connectivity index (χ4v) is 5.33. The summed E-state index contributed by atoms with van der Waals surface area (Å²) in [6.07, 6.45) is 0.761. The van der Waals surface area contributed by atoms with Crippen LogP contribution in [-0.2, 0) is 14.8 Å². The zero-order valence-electron chi connectivity index (χ0n) is 11.8. The minimum atomic E-state index is -3.92. The van der Waals surface area contributed by atoms with Crippen LogP contribution in [0.4, 0.5) is 10.1 Å². The van der Waals surface area contributed by atoms with Gasteiger partial charge >= 0.3 is 0 Å². The van der Waals surface area contributed by atoms with Crippen molar-refractivity contribution in [2.75, 3.05) is 37.5 Å². The van der Waals surface area contributed by atoms with Gasteiger partial charge in [-0.1, -0.05) is 0 Å². The third kappa shape index (κ3) is 3.68. The van der Waals surface area contributed by atoms with Crippen molar-refractivity contribution >= 4 is 27.5 Å². The van der Waals surface area contributed by atoms with Gasteiger partial charge in [-0.3, -0.25) is 0 Å². The lowest BCUT2D eigenvalue weighted by atomic mass is 10.3. The number of hydrogen-bond acceptors (Lipinski definition) is 5. The first-order valence-corrected chi connectivity index (χ1v) is 9.20. The molecule has 0 amide bonds. The summed E-state index contributed by atoms with van der Waals surface area (Å²) >= 11 is 1.70. The lowest BCUT2D eigenvalue weighted by molar-refractivity contribution is 0.169. The molecule has 2 rings (SSSR count). The predicted octanol–water partition coefficient (Wildman–Crippen LogP) is 1.55. The molecule has 1 saturated heterocycles. The first-order chi connectivity index (χ1) is 9.96. The highest BCUT2D eigenvalue weighted by Crippen LogP contribution is 2.29. The maximum atomic E-state index is 13.9. The minimum absolute atomic E-state index is 0.129.